The number of nitrogens with zero attached hydrogens (tertiary/aromatic N) is 3. The largest absolute Gasteiger partial charge is 0.436 e. The molecule has 32 heavy (non-hydrogen) atoms. The van der Waals surface area contributed by atoms with Crippen molar-refractivity contribution in [2.45, 2.75) is 37.6 Å². The van der Waals surface area contributed by atoms with Gasteiger partial charge in [-0.05, 0) is 25.0 Å². The molecule has 2 aliphatic heterocycles. The highest BCUT2D eigenvalue weighted by Gasteiger charge is 2.48. The number of aromatic nitrogens is 2. The number of carbonyl (C=O) groups is 2. The van der Waals surface area contributed by atoms with Crippen molar-refractivity contribution in [3.05, 3.63) is 40.3 Å². The van der Waals surface area contributed by atoms with Crippen molar-refractivity contribution < 1.29 is 31.9 Å². The van der Waals surface area contributed by atoms with Crippen LogP contribution >= 0.6 is 11.6 Å². The number of rotatable bonds is 3. The van der Waals surface area contributed by atoms with E-state index in [1.807, 2.05) is 0 Å². The van der Waals surface area contributed by atoms with E-state index >= 15 is 0 Å². The third-order valence-corrected chi connectivity index (χ3v) is 5.83. The zero-order valence-corrected chi connectivity index (χ0v) is 17.3. The average Bonchev–Trinajstić information content (AvgIpc) is 3.08. The summed E-state index contributed by atoms with van der Waals surface area (Å²) in [6.45, 7) is -0.472. The van der Waals surface area contributed by atoms with Crippen LogP contribution in [0.1, 0.15) is 35.2 Å². The first-order valence-corrected chi connectivity index (χ1v) is 10.0. The molecule has 13 heteroatoms. The van der Waals surface area contributed by atoms with E-state index in [1.54, 1.807) is 0 Å². The van der Waals surface area contributed by atoms with Gasteiger partial charge in [-0.3, -0.25) is 10.1 Å². The second kappa shape index (κ2) is 7.84. The van der Waals surface area contributed by atoms with E-state index in [4.69, 9.17) is 22.1 Å². The van der Waals surface area contributed by atoms with Gasteiger partial charge < -0.3 is 15.4 Å². The summed E-state index contributed by atoms with van der Waals surface area (Å²) in [4.78, 5) is 26.5. The summed E-state index contributed by atoms with van der Waals surface area (Å²) in [7, 11) is 0. The van der Waals surface area contributed by atoms with Gasteiger partial charge in [-0.25, -0.2) is 13.9 Å². The summed E-state index contributed by atoms with van der Waals surface area (Å²) in [5, 5.41) is 6.04. The molecule has 0 bridgehead atoms. The molecule has 1 aromatic heterocycles. The summed E-state index contributed by atoms with van der Waals surface area (Å²) >= 11 is 5.93. The van der Waals surface area contributed by atoms with E-state index in [-0.39, 0.29) is 47.2 Å². The Morgan fingerprint density at radius 3 is 2.84 bits per heavy atom. The number of aryl methyl sites for hydroxylation is 1. The molecule has 3 N–H and O–H groups in total. The van der Waals surface area contributed by atoms with Crippen molar-refractivity contribution in [3.63, 3.8) is 0 Å². The Hall–Kier alpha value is -3.02. The molecule has 1 saturated heterocycles. The zero-order valence-electron chi connectivity index (χ0n) is 16.5. The molecular formula is C19H18ClF4N5O3. The summed E-state index contributed by atoms with van der Waals surface area (Å²) in [6, 6.07) is 2.75. The second-order valence-electron chi connectivity index (χ2n) is 7.65. The summed E-state index contributed by atoms with van der Waals surface area (Å²) < 4.78 is 58.8. The van der Waals surface area contributed by atoms with Gasteiger partial charge in [0.15, 0.2) is 11.4 Å². The third kappa shape index (κ3) is 3.94. The summed E-state index contributed by atoms with van der Waals surface area (Å²) in [5.74, 6) is -1.59. The number of ether oxygens (including phenoxy) is 1. The molecule has 3 heterocycles. The number of nitrogen functional groups attached to an aromatic ring is 1. The van der Waals surface area contributed by atoms with Crippen LogP contribution in [0.4, 0.5) is 33.9 Å². The lowest BCUT2D eigenvalue weighted by Gasteiger charge is -2.45. The number of piperidine rings is 1. The second-order valence-corrected chi connectivity index (χ2v) is 8.06. The molecule has 2 amide bonds. The van der Waals surface area contributed by atoms with Crippen LogP contribution in [0.25, 0.3) is 0 Å². The standard InChI is InChI=1S/C19H18ClF4N5O3/c20-11-2-3-12-13(14(11)21)18(32-17(31)27-12)4-1-6-28(9-18)16(30)10-8-26-29(15(10)25)7-5-19(22,23)24/h2-3,8H,1,4-7,9,25H2,(H,27,31)/t18-/m0/s1. The molecule has 8 nitrogen and oxygen atoms in total. The zero-order chi connectivity index (χ0) is 23.3. The molecule has 0 radical (unpaired) electrons. The molecule has 1 atom stereocenters. The van der Waals surface area contributed by atoms with Crippen LogP contribution in [0.3, 0.4) is 0 Å². The monoisotopic (exact) mass is 475 g/mol. The molecule has 1 fully saturated rings. The number of amides is 2. The first-order valence-electron chi connectivity index (χ1n) is 9.66. The molecule has 4 rings (SSSR count). The van der Waals surface area contributed by atoms with E-state index in [1.165, 1.54) is 17.0 Å². The molecular weight excluding hydrogens is 458 g/mol. The van der Waals surface area contributed by atoms with Gasteiger partial charge in [-0.1, -0.05) is 11.6 Å². The Bertz CT molecular complexity index is 1090. The topological polar surface area (TPSA) is 102 Å². The van der Waals surface area contributed by atoms with Gasteiger partial charge in [0.05, 0.1) is 42.0 Å². The van der Waals surface area contributed by atoms with Crippen LogP contribution in [-0.4, -0.2) is 45.9 Å². The number of fused-ring (bicyclic) bond motifs is 2. The van der Waals surface area contributed by atoms with Gasteiger partial charge in [0.25, 0.3) is 5.91 Å². The molecule has 0 unspecified atom stereocenters. The summed E-state index contributed by atoms with van der Waals surface area (Å²) in [5.41, 5.74) is 4.54. The minimum absolute atomic E-state index is 0.0379. The van der Waals surface area contributed by atoms with Gasteiger partial charge in [-0.15, -0.1) is 0 Å². The number of benzene rings is 1. The van der Waals surface area contributed by atoms with E-state index < -0.39 is 42.6 Å². The quantitative estimate of drug-likeness (QED) is 0.655. The maximum absolute atomic E-state index is 14.9. The van der Waals surface area contributed by atoms with Crippen LogP contribution < -0.4 is 11.1 Å². The molecule has 0 aliphatic carbocycles. The van der Waals surface area contributed by atoms with Gasteiger partial charge >= 0.3 is 12.3 Å². The van der Waals surface area contributed by atoms with Gasteiger partial charge in [-0.2, -0.15) is 18.3 Å². The Labute approximate surface area is 184 Å². The lowest BCUT2D eigenvalue weighted by atomic mass is 9.83. The minimum atomic E-state index is -4.40. The molecule has 2 aromatic rings. The molecule has 0 saturated carbocycles. The van der Waals surface area contributed by atoms with Crippen molar-refractivity contribution in [1.29, 1.82) is 0 Å². The van der Waals surface area contributed by atoms with E-state index in [0.717, 1.165) is 10.9 Å². The highest BCUT2D eigenvalue weighted by Crippen LogP contribution is 2.45. The highest BCUT2D eigenvalue weighted by molar-refractivity contribution is 6.31. The fourth-order valence-electron chi connectivity index (χ4n) is 4.09. The predicted molar refractivity (Wildman–Crippen MR) is 106 cm³/mol. The molecule has 1 aromatic carbocycles. The maximum atomic E-state index is 14.9. The number of nitrogens with one attached hydrogen (secondary N) is 1. The lowest BCUT2D eigenvalue weighted by molar-refractivity contribution is -0.137. The van der Waals surface area contributed by atoms with E-state index in [9.17, 15) is 27.2 Å². The Morgan fingerprint density at radius 2 is 2.12 bits per heavy atom. The minimum Gasteiger partial charge on any atom is -0.436 e. The number of alkyl halides is 3. The van der Waals surface area contributed by atoms with E-state index in [0.29, 0.717) is 6.42 Å². The number of nitrogens with two attached hydrogens (primary N) is 1. The van der Waals surface area contributed by atoms with Crippen LogP contribution in [0.2, 0.25) is 5.02 Å². The van der Waals surface area contributed by atoms with Gasteiger partial charge in [0.2, 0.25) is 0 Å². The number of hydrogen-bond donors (Lipinski definition) is 2. The lowest BCUT2D eigenvalue weighted by Crippen LogP contribution is -2.53. The molecule has 2 aliphatic rings. The molecule has 1 spiro atoms. The van der Waals surface area contributed by atoms with E-state index in [2.05, 4.69) is 10.4 Å². The van der Waals surface area contributed by atoms with Crippen LogP contribution in [0.15, 0.2) is 18.3 Å². The average molecular weight is 476 g/mol. The number of anilines is 2. The Balaban J connectivity index is 1.62. The van der Waals surface area contributed by atoms with Crippen molar-refractivity contribution in [2.24, 2.45) is 0 Å². The van der Waals surface area contributed by atoms with Gasteiger partial charge in [0.1, 0.15) is 11.4 Å². The number of carbonyl (C=O) groups excluding carboxylic acids is 2. The SMILES string of the molecule is Nc1c(C(=O)N2CCC[C@@]3(C2)OC(=O)Nc2ccc(Cl)c(F)c23)cnn1CCC(F)(F)F. The normalized spacial score (nSPS) is 20.7. The predicted octanol–water partition coefficient (Wildman–Crippen LogP) is 3.90. The Kier molecular flexibility index (Phi) is 5.43. The van der Waals surface area contributed by atoms with Crippen molar-refractivity contribution in [2.75, 3.05) is 24.1 Å². The van der Waals surface area contributed by atoms with Gasteiger partial charge in [0, 0.05) is 6.54 Å². The number of hydrogen-bond acceptors (Lipinski definition) is 5. The molecule has 172 valence electrons. The first kappa shape index (κ1) is 22.2. The van der Waals surface area contributed by atoms with Crippen molar-refractivity contribution in [3.8, 4) is 0 Å². The maximum Gasteiger partial charge on any atom is 0.412 e. The fraction of sp³-hybridized carbons (Fsp3) is 0.421. The summed E-state index contributed by atoms with van der Waals surface area (Å²) in [6.07, 6.45) is -4.65. The number of likely N-dealkylation sites (tertiary alicyclic amines) is 1. The third-order valence-electron chi connectivity index (χ3n) is 5.54. The number of halogens is 5. The highest BCUT2D eigenvalue weighted by atomic mass is 35.5. The van der Waals surface area contributed by atoms with Crippen LogP contribution in [0.5, 0.6) is 0 Å². The van der Waals surface area contributed by atoms with Crippen molar-refractivity contribution in [1.82, 2.24) is 14.7 Å². The van der Waals surface area contributed by atoms with Crippen LogP contribution in [-0.2, 0) is 16.9 Å². The van der Waals surface area contributed by atoms with Crippen molar-refractivity contribution >= 4 is 35.1 Å². The fourth-order valence-corrected chi connectivity index (χ4v) is 4.25. The smallest absolute Gasteiger partial charge is 0.412 e. The first-order chi connectivity index (χ1) is 15.0. The van der Waals surface area contributed by atoms with Crippen LogP contribution in [0, 0.1) is 5.82 Å². The Morgan fingerprint density at radius 1 is 1.38 bits per heavy atom.